The lowest BCUT2D eigenvalue weighted by molar-refractivity contribution is -0.145. The Morgan fingerprint density at radius 2 is 2.32 bits per heavy atom. The van der Waals surface area contributed by atoms with Gasteiger partial charge in [0.1, 0.15) is 23.8 Å². The molecule has 1 aliphatic heterocycles. The molecule has 0 spiro atoms. The molecule has 0 N–H and O–H groups in total. The Hall–Kier alpha value is -0.910. The van der Waals surface area contributed by atoms with Crippen LogP contribution < -0.4 is 4.74 Å². The van der Waals surface area contributed by atoms with Crippen molar-refractivity contribution in [3.63, 3.8) is 0 Å². The third kappa shape index (κ3) is 3.55. The average molecular weight is 331 g/mol. The fraction of sp³-hybridized carbons (Fsp3) is 0.429. The van der Waals surface area contributed by atoms with Gasteiger partial charge in [-0.25, -0.2) is 4.39 Å². The second-order valence-electron chi connectivity index (χ2n) is 4.76. The van der Waals surface area contributed by atoms with E-state index in [-0.39, 0.29) is 18.0 Å². The second-order valence-corrected chi connectivity index (χ2v) is 5.61. The Labute approximate surface area is 120 Å². The summed E-state index contributed by atoms with van der Waals surface area (Å²) in [5.41, 5.74) is 0. The zero-order chi connectivity index (χ0) is 14.0. The standard InChI is InChI=1S/C14H16BrFO3/c1-4-11(13-8-17-14(2,3)19-13)18-12-6-5-9(16)7-10(12)15/h4-7,11,13H,1,8H2,2-3H3/t11-,13-/m0/s1. The molecule has 0 bridgehead atoms. The molecule has 19 heavy (non-hydrogen) atoms. The quantitative estimate of drug-likeness (QED) is 0.788. The van der Waals surface area contributed by atoms with Gasteiger partial charge in [0.2, 0.25) is 0 Å². The molecule has 1 heterocycles. The van der Waals surface area contributed by atoms with E-state index < -0.39 is 5.79 Å². The summed E-state index contributed by atoms with van der Waals surface area (Å²) in [7, 11) is 0. The number of hydrogen-bond donors (Lipinski definition) is 0. The van der Waals surface area contributed by atoms with Gasteiger partial charge < -0.3 is 14.2 Å². The Morgan fingerprint density at radius 1 is 1.58 bits per heavy atom. The number of ether oxygens (including phenoxy) is 3. The van der Waals surface area contributed by atoms with Crippen molar-refractivity contribution in [3.8, 4) is 5.75 Å². The third-order valence-corrected chi connectivity index (χ3v) is 3.41. The smallest absolute Gasteiger partial charge is 0.163 e. The lowest BCUT2D eigenvalue weighted by Crippen LogP contribution is -2.33. The molecule has 2 atom stereocenters. The molecule has 1 aromatic rings. The minimum Gasteiger partial charge on any atom is -0.482 e. The predicted molar refractivity (Wildman–Crippen MR) is 73.6 cm³/mol. The molecule has 5 heteroatoms. The molecule has 1 saturated heterocycles. The Kier molecular flexibility index (Phi) is 4.28. The van der Waals surface area contributed by atoms with Crippen LogP contribution >= 0.6 is 15.9 Å². The highest BCUT2D eigenvalue weighted by Gasteiger charge is 2.37. The highest BCUT2D eigenvalue weighted by atomic mass is 79.9. The van der Waals surface area contributed by atoms with Crippen LogP contribution in [0, 0.1) is 5.82 Å². The van der Waals surface area contributed by atoms with E-state index in [1.54, 1.807) is 12.1 Å². The molecule has 1 fully saturated rings. The van der Waals surface area contributed by atoms with E-state index >= 15 is 0 Å². The van der Waals surface area contributed by atoms with Crippen LogP contribution in [0.1, 0.15) is 13.8 Å². The minimum absolute atomic E-state index is 0.232. The monoisotopic (exact) mass is 330 g/mol. The SMILES string of the molecule is C=C[C@H](Oc1ccc(F)cc1Br)[C@@H]1COC(C)(C)O1. The highest BCUT2D eigenvalue weighted by Crippen LogP contribution is 2.30. The first kappa shape index (κ1) is 14.5. The van der Waals surface area contributed by atoms with Gasteiger partial charge in [-0.05, 0) is 54.1 Å². The van der Waals surface area contributed by atoms with Gasteiger partial charge in [0.05, 0.1) is 11.1 Å². The van der Waals surface area contributed by atoms with E-state index in [9.17, 15) is 4.39 Å². The maximum Gasteiger partial charge on any atom is 0.163 e. The van der Waals surface area contributed by atoms with E-state index in [0.717, 1.165) is 0 Å². The van der Waals surface area contributed by atoms with Crippen LogP contribution in [0.25, 0.3) is 0 Å². The summed E-state index contributed by atoms with van der Waals surface area (Å²) in [5.74, 6) is -0.398. The molecule has 0 amide bonds. The van der Waals surface area contributed by atoms with Gasteiger partial charge in [0, 0.05) is 0 Å². The van der Waals surface area contributed by atoms with Crippen LogP contribution in [-0.2, 0) is 9.47 Å². The van der Waals surface area contributed by atoms with Crippen molar-refractivity contribution < 1.29 is 18.6 Å². The van der Waals surface area contributed by atoms with Gasteiger partial charge in [-0.3, -0.25) is 0 Å². The van der Waals surface area contributed by atoms with Gasteiger partial charge >= 0.3 is 0 Å². The summed E-state index contributed by atoms with van der Waals surface area (Å²) in [4.78, 5) is 0. The van der Waals surface area contributed by atoms with Crippen LogP contribution in [0.15, 0.2) is 35.3 Å². The molecule has 0 radical (unpaired) electrons. The average Bonchev–Trinajstić information content (AvgIpc) is 2.69. The Bertz CT molecular complexity index is 476. The molecule has 0 saturated carbocycles. The van der Waals surface area contributed by atoms with Crippen LogP contribution in [-0.4, -0.2) is 24.6 Å². The zero-order valence-corrected chi connectivity index (χ0v) is 12.4. The fourth-order valence-corrected chi connectivity index (χ4v) is 2.31. The maximum atomic E-state index is 13.0. The van der Waals surface area contributed by atoms with Gasteiger partial charge in [0.15, 0.2) is 5.79 Å². The van der Waals surface area contributed by atoms with Crippen molar-refractivity contribution in [2.24, 2.45) is 0 Å². The number of hydrogen-bond acceptors (Lipinski definition) is 3. The van der Waals surface area contributed by atoms with E-state index in [1.165, 1.54) is 12.1 Å². The lowest BCUT2D eigenvalue weighted by Gasteiger charge is -2.23. The van der Waals surface area contributed by atoms with Crippen molar-refractivity contribution in [3.05, 3.63) is 41.1 Å². The van der Waals surface area contributed by atoms with Crippen LogP contribution in [0.2, 0.25) is 0 Å². The minimum atomic E-state index is -0.616. The van der Waals surface area contributed by atoms with Crippen LogP contribution in [0.4, 0.5) is 4.39 Å². The first-order valence-electron chi connectivity index (χ1n) is 5.97. The molecule has 104 valence electrons. The van der Waals surface area contributed by atoms with Crippen molar-refractivity contribution in [1.82, 2.24) is 0 Å². The molecule has 2 rings (SSSR count). The van der Waals surface area contributed by atoms with Crippen molar-refractivity contribution in [2.45, 2.75) is 31.8 Å². The first-order valence-corrected chi connectivity index (χ1v) is 6.76. The van der Waals surface area contributed by atoms with E-state index in [4.69, 9.17) is 14.2 Å². The largest absolute Gasteiger partial charge is 0.482 e. The van der Waals surface area contributed by atoms with Crippen LogP contribution in [0.3, 0.4) is 0 Å². The molecular formula is C14H16BrFO3. The zero-order valence-electron chi connectivity index (χ0n) is 10.9. The molecule has 1 aliphatic rings. The Balaban J connectivity index is 2.09. The summed E-state index contributed by atoms with van der Waals surface area (Å²) >= 11 is 3.26. The summed E-state index contributed by atoms with van der Waals surface area (Å²) in [5, 5.41) is 0. The molecule has 3 nitrogen and oxygen atoms in total. The van der Waals surface area contributed by atoms with E-state index in [0.29, 0.717) is 16.8 Å². The molecular weight excluding hydrogens is 315 g/mol. The maximum absolute atomic E-state index is 13.0. The Morgan fingerprint density at radius 3 is 2.84 bits per heavy atom. The summed E-state index contributed by atoms with van der Waals surface area (Å²) in [6.45, 7) is 7.88. The van der Waals surface area contributed by atoms with Crippen molar-refractivity contribution >= 4 is 15.9 Å². The van der Waals surface area contributed by atoms with E-state index in [2.05, 4.69) is 22.5 Å². The highest BCUT2D eigenvalue weighted by molar-refractivity contribution is 9.10. The van der Waals surface area contributed by atoms with Crippen LogP contribution in [0.5, 0.6) is 5.75 Å². The normalized spacial score (nSPS) is 23.1. The van der Waals surface area contributed by atoms with Gasteiger partial charge in [-0.1, -0.05) is 6.58 Å². The second kappa shape index (κ2) is 5.61. The van der Waals surface area contributed by atoms with Crippen molar-refractivity contribution in [2.75, 3.05) is 6.61 Å². The molecule has 0 unspecified atom stereocenters. The third-order valence-electron chi connectivity index (χ3n) is 2.79. The van der Waals surface area contributed by atoms with Crippen molar-refractivity contribution in [1.29, 1.82) is 0 Å². The summed E-state index contributed by atoms with van der Waals surface area (Å²) in [6.07, 6.45) is 1.07. The summed E-state index contributed by atoms with van der Waals surface area (Å²) < 4.78 is 30.6. The van der Waals surface area contributed by atoms with Gasteiger partial charge in [0.25, 0.3) is 0 Å². The van der Waals surface area contributed by atoms with E-state index in [1.807, 2.05) is 13.8 Å². The molecule has 1 aromatic carbocycles. The topological polar surface area (TPSA) is 27.7 Å². The molecule has 0 aliphatic carbocycles. The number of rotatable bonds is 4. The number of halogens is 2. The predicted octanol–water partition coefficient (Wildman–Crippen LogP) is 3.67. The lowest BCUT2D eigenvalue weighted by atomic mass is 10.2. The van der Waals surface area contributed by atoms with Gasteiger partial charge in [-0.2, -0.15) is 0 Å². The first-order chi connectivity index (χ1) is 8.91. The summed E-state index contributed by atoms with van der Waals surface area (Å²) in [6, 6.07) is 4.26. The number of benzene rings is 1. The van der Waals surface area contributed by atoms with Gasteiger partial charge in [-0.15, -0.1) is 0 Å². The molecule has 0 aromatic heterocycles. The fourth-order valence-electron chi connectivity index (χ4n) is 1.87.